The average Bonchev–Trinajstić information content (AvgIpc) is 2.86. The van der Waals surface area contributed by atoms with Crippen LogP contribution in [-0.2, 0) is 14.1 Å². The van der Waals surface area contributed by atoms with E-state index in [1.54, 1.807) is 0 Å². The minimum atomic E-state index is -0.424. The molecule has 2 aliphatic rings. The van der Waals surface area contributed by atoms with Gasteiger partial charge >= 0.3 is 7.12 Å². The molecule has 2 unspecified atom stereocenters. The van der Waals surface area contributed by atoms with E-state index < -0.39 is 5.54 Å². The summed E-state index contributed by atoms with van der Waals surface area (Å²) in [7, 11) is -0.158. The van der Waals surface area contributed by atoms with E-state index in [2.05, 4.69) is 33.0 Å². The maximum atomic E-state index is 11.3. The molecular weight excluding hydrogens is 281 g/mol. The summed E-state index contributed by atoms with van der Waals surface area (Å²) in [5.74, 6) is 0.429. The standard InChI is InChI=1S/C16H30BNO4/c1-12(20)18-16(11-19)8-6-13(10-16)7-9-17-21-14(2,3)15(4,5)22-17/h13,19H,6-11H2,1-5H3,(H,18,20). The molecule has 6 heteroatoms. The van der Waals surface area contributed by atoms with Crippen molar-refractivity contribution in [1.82, 2.24) is 5.32 Å². The van der Waals surface area contributed by atoms with Gasteiger partial charge in [-0.25, -0.2) is 0 Å². The first-order valence-electron chi connectivity index (χ1n) is 8.34. The van der Waals surface area contributed by atoms with Gasteiger partial charge in [0.25, 0.3) is 0 Å². The molecule has 0 bridgehead atoms. The van der Waals surface area contributed by atoms with E-state index in [-0.39, 0.29) is 30.8 Å². The molecule has 1 saturated carbocycles. The summed E-state index contributed by atoms with van der Waals surface area (Å²) in [5, 5.41) is 12.6. The minimum Gasteiger partial charge on any atom is -0.403 e. The number of hydrogen-bond acceptors (Lipinski definition) is 4. The van der Waals surface area contributed by atoms with E-state index in [1.807, 2.05) is 0 Å². The third-order valence-corrected chi connectivity index (χ3v) is 5.57. The summed E-state index contributed by atoms with van der Waals surface area (Å²) in [6.45, 7) is 9.78. The fourth-order valence-corrected chi connectivity index (χ4v) is 3.61. The molecule has 0 aromatic heterocycles. The van der Waals surface area contributed by atoms with Gasteiger partial charge in [0.15, 0.2) is 0 Å². The summed E-state index contributed by atoms with van der Waals surface area (Å²) in [4.78, 5) is 11.3. The molecule has 2 rings (SSSR count). The van der Waals surface area contributed by atoms with Gasteiger partial charge in [-0.2, -0.15) is 0 Å². The Bertz CT molecular complexity index is 410. The summed E-state index contributed by atoms with van der Waals surface area (Å²) in [5.41, 5.74) is -0.983. The predicted octanol–water partition coefficient (Wildman–Crippen LogP) is 2.14. The Morgan fingerprint density at radius 1 is 1.27 bits per heavy atom. The van der Waals surface area contributed by atoms with Gasteiger partial charge in [-0.05, 0) is 59.2 Å². The van der Waals surface area contributed by atoms with Gasteiger partial charge in [0, 0.05) is 6.92 Å². The van der Waals surface area contributed by atoms with Crippen molar-refractivity contribution in [2.45, 2.75) is 83.4 Å². The number of rotatable bonds is 5. The van der Waals surface area contributed by atoms with Crippen LogP contribution in [0.4, 0.5) is 0 Å². The Morgan fingerprint density at radius 2 is 1.86 bits per heavy atom. The lowest BCUT2D eigenvalue weighted by Crippen LogP contribution is -2.48. The van der Waals surface area contributed by atoms with Gasteiger partial charge < -0.3 is 19.7 Å². The van der Waals surface area contributed by atoms with Gasteiger partial charge in [0.1, 0.15) is 0 Å². The fraction of sp³-hybridized carbons (Fsp3) is 0.938. The summed E-state index contributed by atoms with van der Waals surface area (Å²) >= 11 is 0. The van der Waals surface area contributed by atoms with Crippen molar-refractivity contribution < 1.29 is 19.2 Å². The van der Waals surface area contributed by atoms with Gasteiger partial charge in [-0.1, -0.05) is 6.42 Å². The van der Waals surface area contributed by atoms with Crippen molar-refractivity contribution in [1.29, 1.82) is 0 Å². The summed E-state index contributed by atoms with van der Waals surface area (Å²) < 4.78 is 12.1. The van der Waals surface area contributed by atoms with E-state index in [0.29, 0.717) is 5.92 Å². The monoisotopic (exact) mass is 311 g/mol. The molecule has 0 radical (unpaired) electrons. The lowest BCUT2D eigenvalue weighted by molar-refractivity contribution is -0.121. The first-order valence-corrected chi connectivity index (χ1v) is 8.34. The molecule has 1 aliphatic heterocycles. The van der Waals surface area contributed by atoms with Crippen molar-refractivity contribution >= 4 is 13.0 Å². The van der Waals surface area contributed by atoms with Crippen LogP contribution >= 0.6 is 0 Å². The molecule has 2 N–H and O–H groups in total. The van der Waals surface area contributed by atoms with Crippen LogP contribution in [0.25, 0.3) is 0 Å². The number of carbonyl (C=O) groups is 1. The highest BCUT2D eigenvalue weighted by Crippen LogP contribution is 2.41. The Kier molecular flexibility index (Phi) is 4.95. The van der Waals surface area contributed by atoms with Crippen molar-refractivity contribution in [3.8, 4) is 0 Å². The van der Waals surface area contributed by atoms with Gasteiger partial charge in [0.2, 0.25) is 5.91 Å². The fourth-order valence-electron chi connectivity index (χ4n) is 3.61. The molecule has 1 aliphatic carbocycles. The number of aliphatic hydroxyl groups excluding tert-OH is 1. The van der Waals surface area contributed by atoms with Crippen molar-refractivity contribution in [3.05, 3.63) is 0 Å². The maximum Gasteiger partial charge on any atom is 0.457 e. The second kappa shape index (κ2) is 6.14. The molecule has 1 amide bonds. The topological polar surface area (TPSA) is 67.8 Å². The first-order chi connectivity index (χ1) is 10.1. The van der Waals surface area contributed by atoms with Crippen LogP contribution in [0.2, 0.25) is 6.32 Å². The molecule has 2 fully saturated rings. The predicted molar refractivity (Wildman–Crippen MR) is 86.5 cm³/mol. The third kappa shape index (κ3) is 3.66. The van der Waals surface area contributed by atoms with Crippen LogP contribution in [-0.4, -0.2) is 41.5 Å². The van der Waals surface area contributed by atoms with Crippen LogP contribution in [0.5, 0.6) is 0 Å². The Hall–Kier alpha value is -0.585. The quantitative estimate of drug-likeness (QED) is 0.763. The Morgan fingerprint density at radius 3 is 2.36 bits per heavy atom. The van der Waals surface area contributed by atoms with Crippen LogP contribution in [0.3, 0.4) is 0 Å². The van der Waals surface area contributed by atoms with Crippen molar-refractivity contribution in [2.75, 3.05) is 6.61 Å². The van der Waals surface area contributed by atoms with Gasteiger partial charge in [0.05, 0.1) is 23.3 Å². The molecule has 2 atom stereocenters. The molecule has 0 aromatic carbocycles. The van der Waals surface area contributed by atoms with Crippen LogP contribution in [0.15, 0.2) is 0 Å². The Labute approximate surface area is 134 Å². The highest BCUT2D eigenvalue weighted by molar-refractivity contribution is 6.45. The van der Waals surface area contributed by atoms with Crippen LogP contribution < -0.4 is 5.32 Å². The molecule has 0 aromatic rings. The Balaban J connectivity index is 1.83. The van der Waals surface area contributed by atoms with Crippen molar-refractivity contribution in [2.24, 2.45) is 5.92 Å². The maximum absolute atomic E-state index is 11.3. The van der Waals surface area contributed by atoms with E-state index >= 15 is 0 Å². The van der Waals surface area contributed by atoms with E-state index in [1.165, 1.54) is 6.92 Å². The zero-order chi connectivity index (χ0) is 16.6. The highest BCUT2D eigenvalue weighted by Gasteiger charge is 2.51. The second-order valence-electron chi connectivity index (χ2n) is 7.99. The SMILES string of the molecule is CC(=O)NC1(CO)CCC(CCB2OC(C)(C)C(C)(C)O2)C1. The number of amides is 1. The molecular formula is C16H30BNO4. The van der Waals surface area contributed by atoms with Gasteiger partial charge in [-0.3, -0.25) is 4.79 Å². The van der Waals surface area contributed by atoms with E-state index in [0.717, 1.165) is 32.0 Å². The zero-order valence-electron chi connectivity index (χ0n) is 14.6. The molecule has 126 valence electrons. The van der Waals surface area contributed by atoms with Gasteiger partial charge in [-0.15, -0.1) is 0 Å². The van der Waals surface area contributed by atoms with Crippen molar-refractivity contribution in [3.63, 3.8) is 0 Å². The largest absolute Gasteiger partial charge is 0.457 e. The third-order valence-electron chi connectivity index (χ3n) is 5.57. The number of aliphatic hydroxyl groups is 1. The normalized spacial score (nSPS) is 33.2. The second-order valence-corrected chi connectivity index (χ2v) is 7.99. The smallest absolute Gasteiger partial charge is 0.403 e. The van der Waals surface area contributed by atoms with E-state index in [9.17, 15) is 9.90 Å². The first kappa shape index (κ1) is 17.8. The van der Waals surface area contributed by atoms with Crippen LogP contribution in [0.1, 0.15) is 60.3 Å². The molecule has 5 nitrogen and oxygen atoms in total. The summed E-state index contributed by atoms with van der Waals surface area (Å²) in [6.07, 6.45) is 4.57. The molecule has 1 heterocycles. The number of carbonyl (C=O) groups excluding carboxylic acids is 1. The van der Waals surface area contributed by atoms with Crippen LogP contribution in [0, 0.1) is 5.92 Å². The molecule has 1 saturated heterocycles. The highest BCUT2D eigenvalue weighted by atomic mass is 16.7. The number of hydrogen-bond donors (Lipinski definition) is 2. The van der Waals surface area contributed by atoms with E-state index in [4.69, 9.17) is 9.31 Å². The average molecular weight is 311 g/mol. The lowest BCUT2D eigenvalue weighted by atomic mass is 9.79. The lowest BCUT2D eigenvalue weighted by Gasteiger charge is -2.32. The zero-order valence-corrected chi connectivity index (χ0v) is 14.6. The minimum absolute atomic E-state index is 0.0135. The molecule has 0 spiro atoms. The summed E-state index contributed by atoms with van der Waals surface area (Å²) in [6, 6.07) is 0. The molecule has 22 heavy (non-hydrogen) atoms. The number of nitrogens with one attached hydrogen (secondary N) is 1.